The van der Waals surface area contributed by atoms with Crippen molar-refractivity contribution < 1.29 is 4.79 Å². The molecule has 2 aromatic rings. The van der Waals surface area contributed by atoms with Gasteiger partial charge in [0.25, 0.3) is 5.56 Å². The third-order valence-electron chi connectivity index (χ3n) is 3.15. The number of benzene rings is 1. The highest BCUT2D eigenvalue weighted by atomic mass is 16.2. The van der Waals surface area contributed by atoms with Gasteiger partial charge in [0.15, 0.2) is 0 Å². The Kier molecular flexibility index (Phi) is 4.52. The standard InChI is InChI=1S/C16H15N3O2/c1-12-7-8-14(9-17)16(21)19(12)11-15(20)18-10-13-5-3-2-4-6-13/h2-8H,10-11H2,1H3,(H,18,20). The van der Waals surface area contributed by atoms with Crippen LogP contribution in [-0.2, 0) is 17.9 Å². The van der Waals surface area contributed by atoms with E-state index >= 15 is 0 Å². The normalized spacial score (nSPS) is 9.90. The molecule has 0 aliphatic rings. The lowest BCUT2D eigenvalue weighted by atomic mass is 10.2. The minimum Gasteiger partial charge on any atom is -0.350 e. The number of carbonyl (C=O) groups excluding carboxylic acids is 1. The first-order valence-corrected chi connectivity index (χ1v) is 6.53. The second-order valence-electron chi connectivity index (χ2n) is 4.65. The molecule has 0 atom stereocenters. The molecule has 0 spiro atoms. The van der Waals surface area contributed by atoms with Crippen molar-refractivity contribution in [2.75, 3.05) is 0 Å². The van der Waals surface area contributed by atoms with Gasteiger partial charge in [-0.2, -0.15) is 5.26 Å². The van der Waals surface area contributed by atoms with Gasteiger partial charge in [0.1, 0.15) is 18.2 Å². The van der Waals surface area contributed by atoms with E-state index in [2.05, 4.69) is 5.32 Å². The van der Waals surface area contributed by atoms with E-state index in [-0.39, 0.29) is 18.0 Å². The third kappa shape index (κ3) is 3.57. The molecule has 0 unspecified atom stereocenters. The van der Waals surface area contributed by atoms with E-state index in [0.717, 1.165) is 5.56 Å². The SMILES string of the molecule is Cc1ccc(C#N)c(=O)n1CC(=O)NCc1ccccc1. The number of carbonyl (C=O) groups is 1. The predicted octanol–water partition coefficient (Wildman–Crippen LogP) is 1.34. The summed E-state index contributed by atoms with van der Waals surface area (Å²) < 4.78 is 1.30. The topological polar surface area (TPSA) is 74.9 Å². The van der Waals surface area contributed by atoms with Crippen molar-refractivity contribution in [3.8, 4) is 6.07 Å². The molecule has 5 nitrogen and oxygen atoms in total. The van der Waals surface area contributed by atoms with Crippen molar-refractivity contribution in [2.45, 2.75) is 20.0 Å². The van der Waals surface area contributed by atoms with E-state index in [1.165, 1.54) is 10.6 Å². The van der Waals surface area contributed by atoms with Crippen molar-refractivity contribution in [1.29, 1.82) is 5.26 Å². The maximum absolute atomic E-state index is 12.0. The first-order valence-electron chi connectivity index (χ1n) is 6.53. The quantitative estimate of drug-likeness (QED) is 0.919. The van der Waals surface area contributed by atoms with Crippen LogP contribution < -0.4 is 10.9 Å². The molecule has 0 fully saturated rings. The summed E-state index contributed by atoms with van der Waals surface area (Å²) >= 11 is 0. The van der Waals surface area contributed by atoms with Crippen LogP contribution in [0.3, 0.4) is 0 Å². The molecule has 1 aromatic heterocycles. The largest absolute Gasteiger partial charge is 0.350 e. The fourth-order valence-corrected chi connectivity index (χ4v) is 1.95. The molecule has 1 aromatic carbocycles. The Bertz CT molecular complexity index is 742. The summed E-state index contributed by atoms with van der Waals surface area (Å²) in [6.45, 7) is 2.05. The number of aromatic nitrogens is 1. The number of hydrogen-bond donors (Lipinski definition) is 1. The van der Waals surface area contributed by atoms with Gasteiger partial charge in [0.05, 0.1) is 0 Å². The van der Waals surface area contributed by atoms with Gasteiger partial charge in [-0.3, -0.25) is 9.59 Å². The molecule has 5 heteroatoms. The van der Waals surface area contributed by atoms with Crippen LogP contribution in [0.25, 0.3) is 0 Å². The van der Waals surface area contributed by atoms with Crippen LogP contribution in [0.15, 0.2) is 47.3 Å². The van der Waals surface area contributed by atoms with Crippen molar-refractivity contribution in [3.05, 3.63) is 69.6 Å². The predicted molar refractivity (Wildman–Crippen MR) is 78.4 cm³/mol. The van der Waals surface area contributed by atoms with Crippen LogP contribution in [0.2, 0.25) is 0 Å². The zero-order chi connectivity index (χ0) is 15.2. The van der Waals surface area contributed by atoms with Gasteiger partial charge in [-0.05, 0) is 24.6 Å². The van der Waals surface area contributed by atoms with Gasteiger partial charge < -0.3 is 9.88 Å². The summed E-state index contributed by atoms with van der Waals surface area (Å²) in [7, 11) is 0. The second-order valence-corrected chi connectivity index (χ2v) is 4.65. The minimum absolute atomic E-state index is 0.0384. The highest BCUT2D eigenvalue weighted by molar-refractivity contribution is 5.75. The van der Waals surface area contributed by atoms with Gasteiger partial charge in [-0.25, -0.2) is 0 Å². The first-order chi connectivity index (χ1) is 10.1. The van der Waals surface area contributed by atoms with E-state index < -0.39 is 5.56 Å². The summed E-state index contributed by atoms with van der Waals surface area (Å²) in [5, 5.41) is 11.6. The molecule has 21 heavy (non-hydrogen) atoms. The fourth-order valence-electron chi connectivity index (χ4n) is 1.95. The average molecular weight is 281 g/mol. The Morgan fingerprint density at radius 2 is 1.95 bits per heavy atom. The minimum atomic E-state index is -0.438. The number of aryl methyl sites for hydroxylation is 1. The summed E-state index contributed by atoms with van der Waals surface area (Å²) in [5.41, 5.74) is 1.23. The molecule has 106 valence electrons. The summed E-state index contributed by atoms with van der Waals surface area (Å²) in [6.07, 6.45) is 0. The van der Waals surface area contributed by atoms with Crippen molar-refractivity contribution >= 4 is 5.91 Å². The van der Waals surface area contributed by atoms with Gasteiger partial charge in [0.2, 0.25) is 5.91 Å². The van der Waals surface area contributed by atoms with Crippen molar-refractivity contribution in [2.24, 2.45) is 0 Å². The number of hydrogen-bond acceptors (Lipinski definition) is 3. The van der Waals surface area contributed by atoms with Gasteiger partial charge in [-0.1, -0.05) is 30.3 Å². The monoisotopic (exact) mass is 281 g/mol. The molecule has 1 amide bonds. The number of nitrogens with zero attached hydrogens (tertiary/aromatic N) is 2. The Balaban J connectivity index is 2.07. The van der Waals surface area contributed by atoms with Crippen LogP contribution in [0.4, 0.5) is 0 Å². The van der Waals surface area contributed by atoms with Gasteiger partial charge >= 0.3 is 0 Å². The summed E-state index contributed by atoms with van der Waals surface area (Å²) in [5.74, 6) is -0.265. The first kappa shape index (κ1) is 14.5. The Morgan fingerprint density at radius 3 is 2.62 bits per heavy atom. The molecule has 2 rings (SSSR count). The molecular formula is C16H15N3O2. The Labute approximate surface area is 122 Å². The number of nitrogens with one attached hydrogen (secondary N) is 1. The Morgan fingerprint density at radius 1 is 1.24 bits per heavy atom. The molecular weight excluding hydrogens is 266 g/mol. The van der Waals surface area contributed by atoms with Crippen LogP contribution in [-0.4, -0.2) is 10.5 Å². The number of amides is 1. The van der Waals surface area contributed by atoms with Gasteiger partial charge in [0, 0.05) is 12.2 Å². The highest BCUT2D eigenvalue weighted by Gasteiger charge is 2.09. The fraction of sp³-hybridized carbons (Fsp3) is 0.188. The van der Waals surface area contributed by atoms with Crippen LogP contribution in [0, 0.1) is 18.3 Å². The maximum atomic E-state index is 12.0. The molecule has 0 aliphatic carbocycles. The Hall–Kier alpha value is -2.87. The number of pyridine rings is 1. The van der Waals surface area contributed by atoms with Crippen LogP contribution in [0.5, 0.6) is 0 Å². The molecule has 1 N–H and O–H groups in total. The molecule has 1 heterocycles. The van der Waals surface area contributed by atoms with Gasteiger partial charge in [-0.15, -0.1) is 0 Å². The lowest BCUT2D eigenvalue weighted by Crippen LogP contribution is -2.33. The van der Waals surface area contributed by atoms with Crippen LogP contribution >= 0.6 is 0 Å². The third-order valence-corrected chi connectivity index (χ3v) is 3.15. The van der Waals surface area contributed by atoms with E-state index in [0.29, 0.717) is 12.2 Å². The number of rotatable bonds is 4. The smallest absolute Gasteiger partial charge is 0.269 e. The second kappa shape index (κ2) is 6.53. The van der Waals surface area contributed by atoms with E-state index in [1.807, 2.05) is 36.4 Å². The molecule has 0 saturated heterocycles. The van der Waals surface area contributed by atoms with E-state index in [9.17, 15) is 9.59 Å². The summed E-state index contributed by atoms with van der Waals surface area (Å²) in [6, 6.07) is 14.5. The molecule has 0 saturated carbocycles. The zero-order valence-electron chi connectivity index (χ0n) is 11.7. The number of nitriles is 1. The van der Waals surface area contributed by atoms with Crippen molar-refractivity contribution in [1.82, 2.24) is 9.88 Å². The summed E-state index contributed by atoms with van der Waals surface area (Å²) in [4.78, 5) is 23.9. The van der Waals surface area contributed by atoms with Crippen LogP contribution in [0.1, 0.15) is 16.8 Å². The lowest BCUT2D eigenvalue weighted by molar-refractivity contribution is -0.121. The lowest BCUT2D eigenvalue weighted by Gasteiger charge is -2.10. The van der Waals surface area contributed by atoms with Crippen molar-refractivity contribution in [3.63, 3.8) is 0 Å². The zero-order valence-corrected chi connectivity index (χ0v) is 11.7. The molecule has 0 bridgehead atoms. The maximum Gasteiger partial charge on any atom is 0.269 e. The average Bonchev–Trinajstić information content (AvgIpc) is 2.50. The highest BCUT2D eigenvalue weighted by Crippen LogP contribution is 1.99. The molecule has 0 radical (unpaired) electrons. The molecule has 0 aliphatic heterocycles. The van der Waals surface area contributed by atoms with E-state index in [1.54, 1.807) is 13.0 Å². The van der Waals surface area contributed by atoms with E-state index in [4.69, 9.17) is 5.26 Å².